The van der Waals surface area contributed by atoms with E-state index in [1.807, 2.05) is 429 Å². The second-order valence-corrected chi connectivity index (χ2v) is 25.5. The monoisotopic (exact) mass is 1940 g/mol. The number of nitrogens with one attached hydrogen (secondary N) is 10. The Kier molecular flexibility index (Phi) is 124. The molecule has 0 fully saturated rings. The molecule has 0 aliphatic carbocycles. The molecule has 0 saturated carbocycles. The molecule has 9 aromatic rings. The summed E-state index contributed by atoms with van der Waals surface area (Å²) >= 11 is 3.06. The predicted molar refractivity (Wildman–Crippen MR) is 638 cm³/mol. The smallest absolute Gasteiger partial charge is 0.265 e. The first-order valence-electron chi connectivity index (χ1n) is 50.4. The molecular weight excluding hydrogens is 1750 g/mol. The van der Waals surface area contributed by atoms with Gasteiger partial charge in [0.2, 0.25) is 0 Å². The minimum atomic E-state index is -2.55. The topological polar surface area (TPSA) is 209 Å². The lowest BCUT2D eigenvalue weighted by Crippen LogP contribution is -2.20. The van der Waals surface area contributed by atoms with Gasteiger partial charge in [-0.05, 0) is 138 Å². The quantitative estimate of drug-likeness (QED) is 0.0642. The molecule has 1 atom stereocenters. The van der Waals surface area contributed by atoms with Crippen molar-refractivity contribution in [2.24, 2.45) is 10.1 Å². The van der Waals surface area contributed by atoms with Crippen molar-refractivity contribution < 1.29 is 13.7 Å². The van der Waals surface area contributed by atoms with Gasteiger partial charge in [-0.2, -0.15) is 5.10 Å². The van der Waals surface area contributed by atoms with E-state index in [0.29, 0.717) is 16.3 Å². The summed E-state index contributed by atoms with van der Waals surface area (Å²) in [4.78, 5) is 28.1. The Labute approximate surface area is 849 Å². The van der Waals surface area contributed by atoms with Gasteiger partial charge in [0.05, 0.1) is 64.2 Å². The van der Waals surface area contributed by atoms with E-state index in [4.69, 9.17) is 4.74 Å². The highest BCUT2D eigenvalue weighted by atomic mass is 32.2. The van der Waals surface area contributed by atoms with Crippen LogP contribution in [0.4, 0.5) is 34.1 Å². The van der Waals surface area contributed by atoms with Crippen molar-refractivity contribution in [1.82, 2.24) is 25.2 Å². The number of allylic oxidation sites excluding steroid dienone is 8. The number of anilines is 5. The van der Waals surface area contributed by atoms with Gasteiger partial charge in [0, 0.05) is 76.7 Å². The number of amides is 1. The maximum Gasteiger partial charge on any atom is 0.265 e. The Bertz CT molecular complexity index is 4450. The zero-order valence-electron chi connectivity index (χ0n) is 93.3. The van der Waals surface area contributed by atoms with Gasteiger partial charge in [-0.25, -0.2) is 4.21 Å². The van der Waals surface area contributed by atoms with Crippen LogP contribution in [0.15, 0.2) is 347 Å². The maximum absolute atomic E-state index is 11.6. The third kappa shape index (κ3) is 68.7. The molecule has 10 heterocycles. The Morgan fingerprint density at radius 2 is 0.832 bits per heavy atom. The molecule has 1 unspecified atom stereocenters. The van der Waals surface area contributed by atoms with Gasteiger partial charge in [0.25, 0.3) is 11.5 Å². The first-order valence-corrected chi connectivity index (χ1v) is 53.8. The van der Waals surface area contributed by atoms with Crippen molar-refractivity contribution in [3.63, 3.8) is 0 Å². The van der Waals surface area contributed by atoms with Crippen LogP contribution in [-0.2, 0) is 29.2 Å². The van der Waals surface area contributed by atoms with E-state index < -0.39 is 9.71 Å². The minimum absolute atomic E-state index is 0.0144. The summed E-state index contributed by atoms with van der Waals surface area (Å²) in [5, 5.41) is 27.3. The molecule has 1 amide bonds. The Balaban J connectivity index is -0.000000122. The fourth-order valence-corrected chi connectivity index (χ4v) is 12.4. The van der Waals surface area contributed by atoms with Gasteiger partial charge in [-0.1, -0.05) is 473 Å². The van der Waals surface area contributed by atoms with Crippen molar-refractivity contribution in [2.45, 2.75) is 306 Å². The first-order chi connectivity index (χ1) is 67.0. The highest BCUT2D eigenvalue weighted by Gasteiger charge is 2.26. The highest BCUT2D eigenvalue weighted by Crippen LogP contribution is 2.39. The number of thioether (sulfide) groups is 1. The second-order valence-electron chi connectivity index (χ2n) is 21.5. The van der Waals surface area contributed by atoms with Crippen molar-refractivity contribution in [3.8, 4) is 5.75 Å². The van der Waals surface area contributed by atoms with Crippen LogP contribution in [0, 0.1) is 0 Å². The Morgan fingerprint density at radius 3 is 1.30 bits per heavy atom. The molecule has 10 N–H and O–H groups in total. The average Bonchev–Trinajstić information content (AvgIpc) is 1.63. The molecule has 0 saturated heterocycles. The van der Waals surface area contributed by atoms with Crippen LogP contribution in [0.2, 0.25) is 0 Å². The normalized spacial score (nSPS) is 12.1. The fraction of sp³-hybridized carbons (Fsp3) is 0.364. The van der Waals surface area contributed by atoms with Gasteiger partial charge in [-0.15, -0.1) is 0 Å². The van der Waals surface area contributed by atoms with Crippen LogP contribution in [0.1, 0.15) is 310 Å². The van der Waals surface area contributed by atoms with Crippen molar-refractivity contribution in [2.75, 3.05) is 26.6 Å². The van der Waals surface area contributed by atoms with Crippen LogP contribution in [-0.4, -0.2) is 32.8 Å². The van der Waals surface area contributed by atoms with Crippen LogP contribution < -0.4 is 57.7 Å². The van der Waals surface area contributed by atoms with E-state index in [1.54, 1.807) is 48.5 Å². The standard InChI is InChI=1S/C10H9N.C9H8N2.C9H9N.C8H7NO2S.C8H7NO.C8H7NS.C8H9N.C7H5NOS.C6H7N.C5H6N2.20C2H6/c1-8-6-7-9-4-2-3-5-10(9)11-8;1-7-6-10-8-4-2-3-5-9(8)11-7;1-7-6-8-4-2-3-5-9(8)10-7;1-12(11)7-5-3-2-4-6(7)8(10)9-12;2*1-6-9-7-4-2-3-5-8(7)10-6;1-2-4-8-6-9-5-7(8)3-1;9-7-5-3-1-2-4-6(5)10-8-7;1-6-4-2-3-5-7-6;1-5-3-2-4-6-7-5;20*1-2/h2-7,11H,1H2;2-6,11H,1H2;2-5,10H,1,6H2;2-5H,1H2,(H,9,10,11);2*2-5,9H,1H2;1-4,9H,5-6H2;1-4H,(H,8,9);2-5,7H,1H2;2-4,7H,1H2;20*1-2H3. The predicted octanol–water partition coefficient (Wildman–Crippen LogP) is 37.4. The van der Waals surface area contributed by atoms with Crippen LogP contribution in [0.3, 0.4) is 0 Å². The van der Waals surface area contributed by atoms with Gasteiger partial charge < -0.3 is 42.0 Å². The molecule has 9 aliphatic heterocycles. The van der Waals surface area contributed by atoms with E-state index in [2.05, 4.69) is 180 Å². The van der Waals surface area contributed by atoms with Gasteiger partial charge in [0.15, 0.2) is 11.6 Å². The summed E-state index contributed by atoms with van der Waals surface area (Å²) in [6, 6.07) is 63.1. The molecule has 18 rings (SSSR count). The second kappa shape index (κ2) is 113. The van der Waals surface area contributed by atoms with Crippen molar-refractivity contribution in [1.29, 1.82) is 0 Å². The zero-order chi connectivity index (χ0) is 108. The number of rotatable bonds is 0. The van der Waals surface area contributed by atoms with E-state index in [9.17, 15) is 13.8 Å². The zero-order valence-corrected chi connectivity index (χ0v) is 95.7. The average molecular weight is 1940 g/mol. The number of aromatic nitrogens is 1. The highest BCUT2D eigenvalue weighted by molar-refractivity contribution is 8.03. The lowest BCUT2D eigenvalue weighted by atomic mass is 10.1. The molecule has 0 spiro atoms. The van der Waals surface area contributed by atoms with Gasteiger partial charge >= 0.3 is 0 Å². The summed E-state index contributed by atoms with van der Waals surface area (Å²) in [7, 11) is -2.55. The van der Waals surface area contributed by atoms with E-state index >= 15 is 0 Å². The van der Waals surface area contributed by atoms with Crippen molar-refractivity contribution in [3.05, 3.63) is 360 Å². The van der Waals surface area contributed by atoms with Crippen LogP contribution in [0.25, 0.3) is 16.2 Å². The molecule has 16 nitrogen and oxygen atoms in total. The third-order valence-electron chi connectivity index (χ3n) is 14.1. The summed E-state index contributed by atoms with van der Waals surface area (Å²) in [5.41, 5.74) is 19.8. The number of H-pyrrole nitrogens is 1. The summed E-state index contributed by atoms with van der Waals surface area (Å²) in [5.74, 6) is 4.61. The van der Waals surface area contributed by atoms with Gasteiger partial charge in [0.1, 0.15) is 0 Å². The SMILES string of the molecule is C=C1C=CC=CN1.C=C1C=CC=NN1.C=C1C=Cc2ccccc2N1.C=C1C=Nc2ccccc2N1.C=C1Cc2ccccc2N1.C=C1Nc2ccccc2O1.C=C1Nc2ccccc2S1.C=S1(=O)NC(=O)c2ccccc21.CC.CC.CC.CC.CC.CC.CC.CC.CC.CC.CC.CC.CC.CC.CC.CC.CC.CC.CC.CC.O=c1[nH]sc2ccccc12.c1ccc2c(c1)CNC2. The summed E-state index contributed by atoms with van der Waals surface area (Å²) < 4.78 is 22.8. The number of fused-ring (bicyclic) bond motifs is 8. The fourth-order valence-electron chi connectivity index (χ4n) is 9.53. The number of benzene rings is 8. The Morgan fingerprint density at radius 1 is 0.387 bits per heavy atom. The maximum atomic E-state index is 11.6. The number of carbonyl (C=O) groups is 1. The van der Waals surface area contributed by atoms with E-state index in [-0.39, 0.29) is 11.5 Å². The number of dihydropyridines is 1. The molecule has 19 heteroatoms. The number of hydrazone groups is 1. The summed E-state index contributed by atoms with van der Waals surface area (Å²) in [6.07, 6.45) is 19.7. The molecular formula is C118H194N12O4S3. The van der Waals surface area contributed by atoms with Crippen LogP contribution in [0.5, 0.6) is 5.75 Å². The number of aliphatic imine (C=N–C) groups is 1. The van der Waals surface area contributed by atoms with E-state index in [0.717, 1.165) is 91.6 Å². The number of hydrogen-bond acceptors (Lipinski definition) is 16. The number of nitrogens with zero attached hydrogens (tertiary/aromatic N) is 2. The third-order valence-corrected chi connectivity index (χ3v) is 17.5. The molecule has 1 aromatic heterocycles. The molecule has 9 aliphatic rings. The number of para-hydroxylation sites is 7. The number of ether oxygens (including phenoxy) is 1. The lowest BCUT2D eigenvalue weighted by molar-refractivity contribution is 0.0985. The van der Waals surface area contributed by atoms with Gasteiger partial charge in [-0.3, -0.25) is 29.1 Å². The molecule has 8 aromatic carbocycles. The lowest BCUT2D eigenvalue weighted by Gasteiger charge is -2.13. The number of carbonyl (C=O) groups excluding carboxylic acids is 1. The summed E-state index contributed by atoms with van der Waals surface area (Å²) in [6.45, 7) is 108. The van der Waals surface area contributed by atoms with Crippen LogP contribution >= 0.6 is 23.3 Å². The number of hydrogen-bond donors (Lipinski definition) is 10. The molecule has 768 valence electrons. The molecule has 0 bridgehead atoms. The number of aromatic amines is 1. The largest absolute Gasteiger partial charge is 0.440 e. The molecule has 137 heavy (non-hydrogen) atoms. The molecule has 0 radical (unpaired) electrons. The van der Waals surface area contributed by atoms with Crippen molar-refractivity contribution >= 4 is 107 Å². The Hall–Kier alpha value is -11.9. The van der Waals surface area contributed by atoms with E-state index in [1.165, 1.54) is 50.1 Å². The minimum Gasteiger partial charge on any atom is -0.440 e. The first kappa shape index (κ1) is 151.